The van der Waals surface area contributed by atoms with E-state index >= 15 is 0 Å². The van der Waals surface area contributed by atoms with Crippen LogP contribution in [0.25, 0.3) is 0 Å². The van der Waals surface area contributed by atoms with Gasteiger partial charge in [0.25, 0.3) is 0 Å². The molecule has 2 atom stereocenters. The topological polar surface area (TPSA) is 35.6 Å². The number of carbonyl (C=O) groups excluding carboxylic acids is 1. The van der Waals surface area contributed by atoms with Crippen molar-refractivity contribution in [3.8, 4) is 0 Å². The molecule has 1 saturated heterocycles. The van der Waals surface area contributed by atoms with E-state index in [4.69, 9.17) is 0 Å². The second-order valence-electron chi connectivity index (χ2n) is 5.99. The van der Waals surface area contributed by atoms with Crippen molar-refractivity contribution in [2.24, 2.45) is 0 Å². The summed E-state index contributed by atoms with van der Waals surface area (Å²) >= 11 is 0. The fourth-order valence-electron chi connectivity index (χ4n) is 3.58. The van der Waals surface area contributed by atoms with Crippen LogP contribution >= 0.6 is 0 Å². The summed E-state index contributed by atoms with van der Waals surface area (Å²) in [5, 5.41) is 2.96. The number of nitrogens with one attached hydrogen (secondary N) is 1. The van der Waals surface area contributed by atoms with Crippen molar-refractivity contribution in [2.75, 3.05) is 31.6 Å². The average Bonchev–Trinajstić information content (AvgIpc) is 2.72. The van der Waals surface area contributed by atoms with E-state index in [0.717, 1.165) is 25.2 Å². The predicted octanol–water partition coefficient (Wildman–Crippen LogP) is 2.33. The maximum Gasteiger partial charge on any atom is 0.322 e. The van der Waals surface area contributed by atoms with Crippen molar-refractivity contribution in [3.63, 3.8) is 0 Å². The first-order valence-corrected chi connectivity index (χ1v) is 7.48. The maximum atomic E-state index is 12.4. The van der Waals surface area contributed by atoms with Gasteiger partial charge in [-0.25, -0.2) is 4.79 Å². The summed E-state index contributed by atoms with van der Waals surface area (Å²) < 4.78 is 0. The minimum absolute atomic E-state index is 0.0506. The third-order valence-corrected chi connectivity index (χ3v) is 4.50. The van der Waals surface area contributed by atoms with Crippen LogP contribution in [0.4, 0.5) is 10.5 Å². The molecule has 0 unspecified atom stereocenters. The van der Waals surface area contributed by atoms with Crippen LogP contribution in [0.15, 0.2) is 18.2 Å². The highest BCUT2D eigenvalue weighted by Crippen LogP contribution is 2.44. The molecule has 4 nitrogen and oxygen atoms in total. The molecule has 0 aromatic heterocycles. The summed E-state index contributed by atoms with van der Waals surface area (Å²) in [4.78, 5) is 16.8. The molecule has 0 saturated carbocycles. The Morgan fingerprint density at radius 1 is 1.45 bits per heavy atom. The number of anilines is 1. The Bertz CT molecular complexity index is 528. The molecular weight excluding hydrogens is 250 g/mol. The molecule has 2 aliphatic rings. The first-order valence-electron chi connectivity index (χ1n) is 7.48. The lowest BCUT2D eigenvalue weighted by atomic mass is 9.89. The summed E-state index contributed by atoms with van der Waals surface area (Å²) in [7, 11) is 2.17. The molecule has 0 bridgehead atoms. The smallest absolute Gasteiger partial charge is 0.322 e. The van der Waals surface area contributed by atoms with E-state index < -0.39 is 0 Å². The first-order chi connectivity index (χ1) is 9.61. The molecule has 3 rings (SSSR count). The van der Waals surface area contributed by atoms with Crippen molar-refractivity contribution >= 4 is 11.7 Å². The van der Waals surface area contributed by atoms with Gasteiger partial charge in [0.1, 0.15) is 0 Å². The molecule has 2 aliphatic heterocycles. The monoisotopic (exact) mass is 273 g/mol. The van der Waals surface area contributed by atoms with E-state index in [1.807, 2.05) is 11.8 Å². The van der Waals surface area contributed by atoms with Crippen molar-refractivity contribution in [1.29, 1.82) is 0 Å². The largest absolute Gasteiger partial charge is 0.338 e. The molecule has 1 fully saturated rings. The predicted molar refractivity (Wildman–Crippen MR) is 81.4 cm³/mol. The number of likely N-dealkylation sites (tertiary alicyclic amines) is 1. The van der Waals surface area contributed by atoms with Crippen molar-refractivity contribution < 1.29 is 4.79 Å². The molecule has 0 aliphatic carbocycles. The van der Waals surface area contributed by atoms with Crippen LogP contribution in [0.1, 0.15) is 30.4 Å². The van der Waals surface area contributed by atoms with Gasteiger partial charge in [0.15, 0.2) is 0 Å². The fraction of sp³-hybridized carbons (Fsp3) is 0.562. The molecular formula is C16H23N3O. The van der Waals surface area contributed by atoms with Crippen LogP contribution in [-0.4, -0.2) is 43.7 Å². The van der Waals surface area contributed by atoms with Crippen LogP contribution in [0.3, 0.4) is 0 Å². The Balaban J connectivity index is 2.01. The van der Waals surface area contributed by atoms with Gasteiger partial charge >= 0.3 is 6.03 Å². The van der Waals surface area contributed by atoms with E-state index in [-0.39, 0.29) is 6.03 Å². The van der Waals surface area contributed by atoms with Crippen LogP contribution in [0.2, 0.25) is 0 Å². The standard InChI is InChI=1S/C16H23N3O/c1-4-17-16(20)19-14-6-5-11(2)9-12(14)13-10-18(3)8-7-15(13)19/h5-6,9,13,15H,4,7-8,10H2,1-3H3,(H,17,20)/t13-,15+/m1/s1. The van der Waals surface area contributed by atoms with Crippen LogP contribution < -0.4 is 10.2 Å². The summed E-state index contributed by atoms with van der Waals surface area (Å²) in [6.45, 7) is 6.86. The highest BCUT2D eigenvalue weighted by molar-refractivity contribution is 5.95. The van der Waals surface area contributed by atoms with E-state index in [9.17, 15) is 4.79 Å². The van der Waals surface area contributed by atoms with Gasteiger partial charge in [-0.1, -0.05) is 17.7 Å². The molecule has 2 amide bonds. The molecule has 1 aromatic rings. The number of carbonyl (C=O) groups is 1. The van der Waals surface area contributed by atoms with Gasteiger partial charge in [-0.05, 0) is 45.5 Å². The number of urea groups is 1. The van der Waals surface area contributed by atoms with Gasteiger partial charge in [-0.15, -0.1) is 0 Å². The lowest BCUT2D eigenvalue weighted by Crippen LogP contribution is -2.50. The van der Waals surface area contributed by atoms with Gasteiger partial charge in [0.05, 0.1) is 0 Å². The van der Waals surface area contributed by atoms with Gasteiger partial charge in [-0.2, -0.15) is 0 Å². The highest BCUT2D eigenvalue weighted by atomic mass is 16.2. The zero-order valence-corrected chi connectivity index (χ0v) is 12.5. The van der Waals surface area contributed by atoms with Gasteiger partial charge in [-0.3, -0.25) is 4.90 Å². The highest BCUT2D eigenvalue weighted by Gasteiger charge is 2.43. The van der Waals surface area contributed by atoms with E-state index in [0.29, 0.717) is 18.5 Å². The Labute approximate surface area is 120 Å². The molecule has 0 spiro atoms. The summed E-state index contributed by atoms with van der Waals surface area (Å²) in [5.74, 6) is 0.450. The van der Waals surface area contributed by atoms with Crippen molar-refractivity contribution in [1.82, 2.24) is 10.2 Å². The maximum absolute atomic E-state index is 12.4. The number of nitrogens with zero attached hydrogens (tertiary/aromatic N) is 2. The average molecular weight is 273 g/mol. The quantitative estimate of drug-likeness (QED) is 0.852. The third kappa shape index (κ3) is 2.08. The Morgan fingerprint density at radius 3 is 3.00 bits per heavy atom. The van der Waals surface area contributed by atoms with Gasteiger partial charge in [0.2, 0.25) is 0 Å². The van der Waals surface area contributed by atoms with Gasteiger partial charge in [0, 0.05) is 30.7 Å². The number of fused-ring (bicyclic) bond motifs is 3. The Morgan fingerprint density at radius 2 is 2.25 bits per heavy atom. The zero-order chi connectivity index (χ0) is 14.3. The van der Waals surface area contributed by atoms with Crippen LogP contribution in [0.5, 0.6) is 0 Å². The van der Waals surface area contributed by atoms with Crippen molar-refractivity contribution in [3.05, 3.63) is 29.3 Å². The van der Waals surface area contributed by atoms with E-state index in [1.165, 1.54) is 11.1 Å². The SMILES string of the molecule is CCNC(=O)N1c2ccc(C)cc2[C@H]2CN(C)CC[C@@H]21. The minimum Gasteiger partial charge on any atom is -0.338 e. The number of hydrogen-bond acceptors (Lipinski definition) is 2. The summed E-state index contributed by atoms with van der Waals surface area (Å²) in [6, 6.07) is 6.83. The number of rotatable bonds is 1. The molecule has 1 N–H and O–H groups in total. The summed E-state index contributed by atoms with van der Waals surface area (Å²) in [6.07, 6.45) is 1.05. The molecule has 0 radical (unpaired) electrons. The fourth-order valence-corrected chi connectivity index (χ4v) is 3.58. The molecule has 1 aromatic carbocycles. The summed E-state index contributed by atoms with van der Waals surface area (Å²) in [5.41, 5.74) is 3.72. The second kappa shape index (κ2) is 5.09. The van der Waals surface area contributed by atoms with E-state index in [1.54, 1.807) is 0 Å². The number of aryl methyl sites for hydroxylation is 1. The first kappa shape index (κ1) is 13.4. The number of benzene rings is 1. The van der Waals surface area contributed by atoms with E-state index in [2.05, 4.69) is 42.4 Å². The molecule has 108 valence electrons. The lowest BCUT2D eigenvalue weighted by Gasteiger charge is -2.36. The number of likely N-dealkylation sites (N-methyl/N-ethyl adjacent to an activating group) is 1. The third-order valence-electron chi connectivity index (χ3n) is 4.50. The molecule has 4 heteroatoms. The molecule has 20 heavy (non-hydrogen) atoms. The Hall–Kier alpha value is -1.55. The van der Waals surface area contributed by atoms with Crippen molar-refractivity contribution in [2.45, 2.75) is 32.2 Å². The second-order valence-corrected chi connectivity index (χ2v) is 5.99. The number of amides is 2. The normalized spacial score (nSPS) is 25.2. The van der Waals surface area contributed by atoms with Crippen LogP contribution in [0, 0.1) is 6.92 Å². The van der Waals surface area contributed by atoms with Gasteiger partial charge < -0.3 is 10.2 Å². The molecule has 2 heterocycles. The number of hydrogen-bond donors (Lipinski definition) is 1. The minimum atomic E-state index is 0.0506. The van der Waals surface area contributed by atoms with Crippen LogP contribution in [-0.2, 0) is 0 Å². The zero-order valence-electron chi connectivity index (χ0n) is 12.5. The number of piperidine rings is 1. The lowest BCUT2D eigenvalue weighted by molar-refractivity contribution is 0.219. The Kier molecular flexibility index (Phi) is 3.42.